The second-order valence-electron chi connectivity index (χ2n) is 7.09. The molecule has 0 radical (unpaired) electrons. The first-order chi connectivity index (χ1) is 13.3. The van der Waals surface area contributed by atoms with Crippen LogP contribution < -0.4 is 10.6 Å². The monoisotopic (exact) mass is 399 g/mol. The molecule has 1 heterocycles. The second-order valence-corrected chi connectivity index (χ2v) is 7.09. The third kappa shape index (κ3) is 6.98. The molecule has 1 aliphatic rings. The largest absolute Gasteiger partial charge is 0.416 e. The van der Waals surface area contributed by atoms with Crippen molar-refractivity contribution in [3.8, 4) is 0 Å². The summed E-state index contributed by atoms with van der Waals surface area (Å²) in [7, 11) is 0. The van der Waals surface area contributed by atoms with Crippen LogP contribution >= 0.6 is 0 Å². The van der Waals surface area contributed by atoms with Crippen LogP contribution in [0.4, 0.5) is 13.2 Å². The van der Waals surface area contributed by atoms with Crippen molar-refractivity contribution in [1.82, 2.24) is 20.4 Å². The van der Waals surface area contributed by atoms with Crippen LogP contribution in [0, 0.1) is 0 Å². The normalized spacial score (nSPS) is 18.1. The van der Waals surface area contributed by atoms with Gasteiger partial charge in [0.05, 0.1) is 12.1 Å². The fourth-order valence-electron chi connectivity index (χ4n) is 3.25. The molecular weight excluding hydrogens is 367 g/mol. The number of halogens is 3. The quantitative estimate of drug-likeness (QED) is 0.547. The maximum absolute atomic E-state index is 12.9. The lowest BCUT2D eigenvalue weighted by Crippen LogP contribution is -2.53. The first-order valence-corrected chi connectivity index (χ1v) is 9.98. The fraction of sp³-hybridized carbons (Fsp3) is 0.650. The van der Waals surface area contributed by atoms with Gasteiger partial charge in [-0.05, 0) is 38.1 Å². The molecule has 0 bridgehead atoms. The molecule has 0 amide bonds. The van der Waals surface area contributed by atoms with Gasteiger partial charge in [-0.3, -0.25) is 4.90 Å². The Labute approximate surface area is 166 Å². The predicted octanol–water partition coefficient (Wildman–Crippen LogP) is 2.79. The van der Waals surface area contributed by atoms with Crippen molar-refractivity contribution in [2.75, 3.05) is 45.8 Å². The van der Waals surface area contributed by atoms with Crippen molar-refractivity contribution in [2.24, 2.45) is 4.99 Å². The number of nitrogens with zero attached hydrogens (tertiary/aromatic N) is 3. The summed E-state index contributed by atoms with van der Waals surface area (Å²) in [6, 6.07) is 5.68. The molecule has 0 spiro atoms. The van der Waals surface area contributed by atoms with E-state index >= 15 is 0 Å². The molecule has 28 heavy (non-hydrogen) atoms. The zero-order valence-electron chi connectivity index (χ0n) is 17.0. The third-order valence-corrected chi connectivity index (χ3v) is 5.06. The smallest absolute Gasteiger partial charge is 0.357 e. The van der Waals surface area contributed by atoms with Crippen LogP contribution in [0.25, 0.3) is 0 Å². The maximum Gasteiger partial charge on any atom is 0.416 e. The number of nitrogens with one attached hydrogen (secondary N) is 2. The fourth-order valence-corrected chi connectivity index (χ4v) is 3.25. The number of aliphatic imine (C=N–C) groups is 1. The van der Waals surface area contributed by atoms with Crippen LogP contribution in [-0.2, 0) is 12.7 Å². The summed E-state index contributed by atoms with van der Waals surface area (Å²) in [6.07, 6.45) is -4.33. The molecule has 1 unspecified atom stereocenters. The Hall–Kier alpha value is -1.80. The molecule has 0 aromatic heterocycles. The topological polar surface area (TPSA) is 42.9 Å². The van der Waals surface area contributed by atoms with Crippen LogP contribution in [0.15, 0.2) is 29.3 Å². The molecule has 1 aromatic rings. The number of piperazine rings is 1. The van der Waals surface area contributed by atoms with Gasteiger partial charge in [-0.1, -0.05) is 19.1 Å². The molecule has 0 saturated carbocycles. The minimum atomic E-state index is -4.33. The average molecular weight is 400 g/mol. The maximum atomic E-state index is 12.9. The number of hydrogen-bond donors (Lipinski definition) is 2. The van der Waals surface area contributed by atoms with Gasteiger partial charge in [0.1, 0.15) is 0 Å². The number of benzene rings is 1. The standard InChI is InChI=1S/C20H32F3N5/c1-4-24-19(25-14-16(3)28-11-9-27(5-2)10-12-28)26-15-17-7-6-8-18(13-17)20(21,22)23/h6-8,13,16H,4-5,9-12,14-15H2,1-3H3,(H2,24,25,26). The van der Waals surface area contributed by atoms with E-state index in [0.29, 0.717) is 24.1 Å². The van der Waals surface area contributed by atoms with Gasteiger partial charge in [0, 0.05) is 45.3 Å². The molecule has 2 rings (SSSR count). The van der Waals surface area contributed by atoms with Gasteiger partial charge < -0.3 is 15.5 Å². The molecule has 1 saturated heterocycles. The number of alkyl halides is 3. The summed E-state index contributed by atoms with van der Waals surface area (Å²) in [4.78, 5) is 9.35. The molecule has 5 nitrogen and oxygen atoms in total. The van der Waals surface area contributed by atoms with Crippen molar-refractivity contribution in [3.63, 3.8) is 0 Å². The van der Waals surface area contributed by atoms with Gasteiger partial charge in [-0.15, -0.1) is 0 Å². The zero-order chi connectivity index (χ0) is 20.6. The molecule has 8 heteroatoms. The first-order valence-electron chi connectivity index (χ1n) is 9.98. The average Bonchev–Trinajstić information content (AvgIpc) is 2.69. The predicted molar refractivity (Wildman–Crippen MR) is 107 cm³/mol. The molecular formula is C20H32F3N5. The van der Waals surface area contributed by atoms with E-state index in [0.717, 1.165) is 51.4 Å². The molecule has 1 atom stereocenters. The number of hydrogen-bond acceptors (Lipinski definition) is 3. The van der Waals surface area contributed by atoms with Crippen molar-refractivity contribution in [2.45, 2.75) is 39.5 Å². The van der Waals surface area contributed by atoms with Crippen molar-refractivity contribution >= 4 is 5.96 Å². The van der Waals surface area contributed by atoms with E-state index in [1.54, 1.807) is 6.07 Å². The molecule has 158 valence electrons. The highest BCUT2D eigenvalue weighted by atomic mass is 19.4. The van der Waals surface area contributed by atoms with E-state index in [9.17, 15) is 13.2 Å². The summed E-state index contributed by atoms with van der Waals surface area (Å²) in [5, 5.41) is 6.48. The lowest BCUT2D eigenvalue weighted by molar-refractivity contribution is -0.137. The Balaban J connectivity index is 1.90. The Morgan fingerprint density at radius 1 is 1.14 bits per heavy atom. The van der Waals surface area contributed by atoms with Gasteiger partial charge in [-0.2, -0.15) is 13.2 Å². The Bertz CT molecular complexity index is 625. The number of guanidine groups is 1. The van der Waals surface area contributed by atoms with Gasteiger partial charge in [-0.25, -0.2) is 4.99 Å². The lowest BCUT2D eigenvalue weighted by atomic mass is 10.1. The third-order valence-electron chi connectivity index (χ3n) is 5.06. The first kappa shape index (κ1) is 22.5. The number of rotatable bonds is 7. The SMILES string of the molecule is CCNC(=NCc1cccc(C(F)(F)F)c1)NCC(C)N1CCN(CC)CC1. The molecule has 2 N–H and O–H groups in total. The van der Waals surface area contributed by atoms with Gasteiger partial charge in [0.15, 0.2) is 5.96 Å². The minimum absolute atomic E-state index is 0.197. The Morgan fingerprint density at radius 2 is 1.86 bits per heavy atom. The summed E-state index contributed by atoms with van der Waals surface area (Å²) < 4.78 is 38.6. The summed E-state index contributed by atoms with van der Waals surface area (Å²) >= 11 is 0. The van der Waals surface area contributed by atoms with E-state index in [2.05, 4.69) is 39.3 Å². The van der Waals surface area contributed by atoms with E-state index < -0.39 is 11.7 Å². The van der Waals surface area contributed by atoms with Crippen molar-refractivity contribution in [1.29, 1.82) is 0 Å². The van der Waals surface area contributed by atoms with Gasteiger partial charge >= 0.3 is 6.18 Å². The van der Waals surface area contributed by atoms with Gasteiger partial charge in [0.2, 0.25) is 0 Å². The molecule has 1 aliphatic heterocycles. The van der Waals surface area contributed by atoms with Crippen LogP contribution in [-0.4, -0.2) is 67.6 Å². The lowest BCUT2D eigenvalue weighted by Gasteiger charge is -2.37. The molecule has 0 aliphatic carbocycles. The van der Waals surface area contributed by atoms with Crippen LogP contribution in [0.3, 0.4) is 0 Å². The Morgan fingerprint density at radius 3 is 2.46 bits per heavy atom. The second kappa shape index (κ2) is 10.7. The van der Waals surface area contributed by atoms with Crippen molar-refractivity contribution in [3.05, 3.63) is 35.4 Å². The van der Waals surface area contributed by atoms with Gasteiger partial charge in [0.25, 0.3) is 0 Å². The van der Waals surface area contributed by atoms with Crippen LogP contribution in [0.5, 0.6) is 0 Å². The number of likely N-dealkylation sites (N-methyl/N-ethyl adjacent to an activating group) is 1. The Kier molecular flexibility index (Phi) is 8.57. The molecule has 1 fully saturated rings. The van der Waals surface area contributed by atoms with E-state index in [1.807, 2.05) is 6.92 Å². The van der Waals surface area contributed by atoms with Crippen molar-refractivity contribution < 1.29 is 13.2 Å². The highest BCUT2D eigenvalue weighted by Crippen LogP contribution is 2.29. The highest BCUT2D eigenvalue weighted by Gasteiger charge is 2.30. The zero-order valence-corrected chi connectivity index (χ0v) is 17.0. The summed E-state index contributed by atoms with van der Waals surface area (Å²) in [5.74, 6) is 0.624. The molecule has 1 aromatic carbocycles. The van der Waals surface area contributed by atoms with Crippen LogP contribution in [0.1, 0.15) is 31.9 Å². The summed E-state index contributed by atoms with van der Waals surface area (Å²) in [5.41, 5.74) is -0.103. The van der Waals surface area contributed by atoms with E-state index in [1.165, 1.54) is 6.07 Å². The van der Waals surface area contributed by atoms with Crippen LogP contribution in [0.2, 0.25) is 0 Å². The van der Waals surface area contributed by atoms with E-state index in [-0.39, 0.29) is 6.54 Å². The summed E-state index contributed by atoms with van der Waals surface area (Å²) in [6.45, 7) is 13.3. The minimum Gasteiger partial charge on any atom is -0.357 e. The highest BCUT2D eigenvalue weighted by molar-refractivity contribution is 5.79. The van der Waals surface area contributed by atoms with E-state index in [4.69, 9.17) is 0 Å².